The first-order valence-corrected chi connectivity index (χ1v) is 16.0. The summed E-state index contributed by atoms with van der Waals surface area (Å²) in [4.78, 5) is 28.5. The van der Waals surface area contributed by atoms with Crippen molar-refractivity contribution < 1.29 is 33.0 Å². The minimum absolute atomic E-state index is 0.193. The van der Waals surface area contributed by atoms with Gasteiger partial charge in [0.05, 0.1) is 23.1 Å². The zero-order valence-electron chi connectivity index (χ0n) is 25.6. The van der Waals surface area contributed by atoms with Gasteiger partial charge in [-0.05, 0) is 119 Å². The maximum atomic E-state index is 14.6. The summed E-state index contributed by atoms with van der Waals surface area (Å²) in [6, 6.07) is 9.58. The molecule has 1 aliphatic carbocycles. The fourth-order valence-electron chi connectivity index (χ4n) is 7.81. The molecule has 1 N–H and O–H groups in total. The van der Waals surface area contributed by atoms with Crippen LogP contribution < -0.4 is 0 Å². The molecule has 1 saturated carbocycles. The lowest BCUT2D eigenvalue weighted by molar-refractivity contribution is -0.146. The number of fused-ring (bicyclic) bond motifs is 1. The van der Waals surface area contributed by atoms with Gasteiger partial charge in [-0.25, -0.2) is 13.6 Å². The summed E-state index contributed by atoms with van der Waals surface area (Å²) in [6.07, 6.45) is 7.79. The molecule has 9 heteroatoms. The van der Waals surface area contributed by atoms with Gasteiger partial charge in [0.25, 0.3) is 0 Å². The molecule has 0 spiro atoms. The summed E-state index contributed by atoms with van der Waals surface area (Å²) in [6.45, 7) is 5.53. The number of hydrogen-bond donors (Lipinski definition) is 1. The number of aromatic nitrogens is 1. The molecule has 44 heavy (non-hydrogen) atoms. The maximum absolute atomic E-state index is 14.6. The Balaban J connectivity index is 1.21. The average molecular weight is 609 g/mol. The van der Waals surface area contributed by atoms with Crippen LogP contribution in [0.1, 0.15) is 75.1 Å². The zero-order valence-corrected chi connectivity index (χ0v) is 25.6. The number of carboxylic acid groups (broad SMARTS) is 1. The Hall–Kier alpha value is -3.30. The molecule has 3 aromatic rings. The Kier molecular flexibility index (Phi) is 8.79. The van der Waals surface area contributed by atoms with Crippen LogP contribution in [-0.4, -0.2) is 64.6 Å². The molecule has 6 rings (SSSR count). The summed E-state index contributed by atoms with van der Waals surface area (Å²) in [7, 11) is 0. The van der Waals surface area contributed by atoms with Gasteiger partial charge in [-0.15, -0.1) is 0 Å². The fourth-order valence-corrected chi connectivity index (χ4v) is 7.81. The highest BCUT2D eigenvalue weighted by Crippen LogP contribution is 2.40. The van der Waals surface area contributed by atoms with E-state index in [9.17, 15) is 23.5 Å². The van der Waals surface area contributed by atoms with E-state index in [1.807, 2.05) is 13.8 Å². The van der Waals surface area contributed by atoms with Crippen LogP contribution in [0.2, 0.25) is 0 Å². The van der Waals surface area contributed by atoms with Gasteiger partial charge in [0, 0.05) is 36.9 Å². The minimum atomic E-state index is -1.22. The normalized spacial score (nSPS) is 26.6. The van der Waals surface area contributed by atoms with E-state index < -0.39 is 29.1 Å². The zero-order chi connectivity index (χ0) is 31.0. The SMILES string of the molecule is Cc1c(CC2CCC(OC3CCOCC3)CC2)c2ccc(F)cc2n1C(=O)N1CC[C@@](C(=O)O)(c2ccc(F)cc2)C[C@@H]1C. The van der Waals surface area contributed by atoms with Gasteiger partial charge >= 0.3 is 12.0 Å². The van der Waals surface area contributed by atoms with Crippen molar-refractivity contribution in [3.05, 3.63) is 70.9 Å². The van der Waals surface area contributed by atoms with Crippen molar-refractivity contribution in [2.24, 2.45) is 5.92 Å². The minimum Gasteiger partial charge on any atom is -0.481 e. The van der Waals surface area contributed by atoms with Crippen molar-refractivity contribution in [2.75, 3.05) is 19.8 Å². The molecule has 2 atom stereocenters. The van der Waals surface area contributed by atoms with Crippen molar-refractivity contribution in [3.63, 3.8) is 0 Å². The smallest absolute Gasteiger partial charge is 0.329 e. The number of ether oxygens (including phenoxy) is 2. The van der Waals surface area contributed by atoms with Crippen LogP contribution in [0.3, 0.4) is 0 Å². The molecule has 3 fully saturated rings. The molecular formula is C35H42F2N2O5. The molecule has 2 aromatic carbocycles. The van der Waals surface area contributed by atoms with Crippen molar-refractivity contribution in [1.29, 1.82) is 0 Å². The topological polar surface area (TPSA) is 81.0 Å². The van der Waals surface area contributed by atoms with Gasteiger partial charge < -0.3 is 19.5 Å². The quantitative estimate of drug-likeness (QED) is 0.326. The third kappa shape index (κ3) is 5.88. The Bertz CT molecular complexity index is 1510. The molecule has 0 unspecified atom stereocenters. The van der Waals surface area contributed by atoms with E-state index in [-0.39, 0.29) is 31.5 Å². The molecular weight excluding hydrogens is 566 g/mol. The van der Waals surface area contributed by atoms with E-state index >= 15 is 0 Å². The number of likely N-dealkylation sites (tertiary alicyclic amines) is 1. The second kappa shape index (κ2) is 12.6. The highest BCUT2D eigenvalue weighted by atomic mass is 19.1. The van der Waals surface area contributed by atoms with E-state index in [0.29, 0.717) is 23.1 Å². The number of carbonyl (C=O) groups excluding carboxylic acids is 1. The second-order valence-electron chi connectivity index (χ2n) is 13.0. The van der Waals surface area contributed by atoms with Crippen LogP contribution in [0.25, 0.3) is 10.9 Å². The monoisotopic (exact) mass is 608 g/mol. The number of halogens is 2. The standard InChI is InChI=1S/C35H42F2N2O5/c1-22-21-35(33(40)41,25-5-7-26(36)8-6-25)15-16-38(22)34(42)39-23(2)31(30-12-9-27(37)20-32(30)39)19-24-3-10-28(11-4-24)44-29-13-17-43-18-14-29/h5-9,12,20,22,24,28-29H,3-4,10-11,13-19,21H2,1-2H3,(H,40,41)/t22-,24?,28?,35-/m0/s1. The van der Waals surface area contributed by atoms with E-state index in [1.54, 1.807) is 15.5 Å². The number of piperidine rings is 1. The molecule has 1 amide bonds. The molecule has 0 radical (unpaired) electrons. The lowest BCUT2D eigenvalue weighted by atomic mass is 9.70. The number of nitrogens with zero attached hydrogens (tertiary/aromatic N) is 2. The summed E-state index contributed by atoms with van der Waals surface area (Å²) >= 11 is 0. The van der Waals surface area contributed by atoms with Crippen LogP contribution in [0.4, 0.5) is 13.6 Å². The van der Waals surface area contributed by atoms with Crippen LogP contribution in [0.15, 0.2) is 42.5 Å². The Morgan fingerprint density at radius 3 is 2.30 bits per heavy atom. The van der Waals surface area contributed by atoms with E-state index in [4.69, 9.17) is 9.47 Å². The summed E-state index contributed by atoms with van der Waals surface area (Å²) in [5, 5.41) is 11.2. The van der Waals surface area contributed by atoms with E-state index in [0.717, 1.165) is 74.8 Å². The Morgan fingerprint density at radius 1 is 0.977 bits per heavy atom. The molecule has 2 saturated heterocycles. The molecule has 0 bridgehead atoms. The van der Waals surface area contributed by atoms with Gasteiger partial charge in [-0.2, -0.15) is 0 Å². The molecule has 3 aliphatic rings. The Labute approximate surface area is 257 Å². The summed E-state index contributed by atoms with van der Waals surface area (Å²) < 4.78 is 41.7. The van der Waals surface area contributed by atoms with E-state index in [1.165, 1.54) is 36.4 Å². The molecule has 1 aromatic heterocycles. The number of benzene rings is 2. The summed E-state index contributed by atoms with van der Waals surface area (Å²) in [5.74, 6) is -1.37. The summed E-state index contributed by atoms with van der Waals surface area (Å²) in [5.41, 5.74) is 1.72. The number of amides is 1. The van der Waals surface area contributed by atoms with Gasteiger partial charge in [0.1, 0.15) is 11.6 Å². The molecule has 7 nitrogen and oxygen atoms in total. The van der Waals surface area contributed by atoms with Crippen LogP contribution >= 0.6 is 0 Å². The van der Waals surface area contributed by atoms with Crippen molar-refractivity contribution >= 4 is 22.9 Å². The fraction of sp³-hybridized carbons (Fsp3) is 0.543. The largest absolute Gasteiger partial charge is 0.481 e. The van der Waals surface area contributed by atoms with E-state index in [2.05, 4.69) is 0 Å². The molecule has 2 aliphatic heterocycles. The number of aliphatic carboxylic acids is 1. The predicted octanol–water partition coefficient (Wildman–Crippen LogP) is 7.00. The Morgan fingerprint density at radius 2 is 1.64 bits per heavy atom. The first-order chi connectivity index (χ1) is 21.2. The number of rotatable bonds is 6. The van der Waals surface area contributed by atoms with Crippen LogP contribution in [-0.2, 0) is 26.1 Å². The predicted molar refractivity (Wildman–Crippen MR) is 163 cm³/mol. The number of carbonyl (C=O) groups is 2. The first-order valence-electron chi connectivity index (χ1n) is 16.0. The van der Waals surface area contributed by atoms with Gasteiger partial charge in [-0.3, -0.25) is 9.36 Å². The highest BCUT2D eigenvalue weighted by molar-refractivity contribution is 5.95. The van der Waals surface area contributed by atoms with Crippen molar-refractivity contribution in [3.8, 4) is 0 Å². The third-order valence-corrected chi connectivity index (χ3v) is 10.3. The van der Waals surface area contributed by atoms with Crippen LogP contribution in [0.5, 0.6) is 0 Å². The van der Waals surface area contributed by atoms with Gasteiger partial charge in [0.15, 0.2) is 0 Å². The third-order valence-electron chi connectivity index (χ3n) is 10.3. The van der Waals surface area contributed by atoms with Gasteiger partial charge in [-0.1, -0.05) is 12.1 Å². The van der Waals surface area contributed by atoms with Crippen LogP contribution in [0, 0.1) is 24.5 Å². The highest BCUT2D eigenvalue weighted by Gasteiger charge is 2.47. The number of hydrogen-bond acceptors (Lipinski definition) is 4. The van der Waals surface area contributed by atoms with Crippen molar-refractivity contribution in [1.82, 2.24) is 9.47 Å². The van der Waals surface area contributed by atoms with Crippen molar-refractivity contribution in [2.45, 2.75) is 95.3 Å². The molecule has 3 heterocycles. The lowest BCUT2D eigenvalue weighted by Crippen LogP contribution is -2.54. The van der Waals surface area contributed by atoms with Gasteiger partial charge in [0.2, 0.25) is 0 Å². The maximum Gasteiger partial charge on any atom is 0.329 e. The lowest BCUT2D eigenvalue weighted by Gasteiger charge is -2.43. The number of carboxylic acids is 1. The average Bonchev–Trinajstić information content (AvgIpc) is 3.28. The molecule has 236 valence electrons. The first kappa shape index (κ1) is 30.7. The second-order valence-corrected chi connectivity index (χ2v) is 13.0.